The number of anilines is 2. The zero-order chi connectivity index (χ0) is 26.0. The van der Waals surface area contributed by atoms with E-state index >= 15 is 0 Å². The Morgan fingerprint density at radius 2 is 1.28 bits per heavy atom. The molecule has 0 bridgehead atoms. The molecule has 2 aromatic carbocycles. The number of benzene rings is 2. The molecule has 8 nitrogen and oxygen atoms in total. The Morgan fingerprint density at radius 3 is 1.83 bits per heavy atom. The third-order valence-electron chi connectivity index (χ3n) is 5.37. The average molecular weight is 527 g/mol. The lowest BCUT2D eigenvalue weighted by Crippen LogP contribution is -2.09. The van der Waals surface area contributed by atoms with E-state index in [9.17, 15) is 8.42 Å². The number of nitrogens with zero attached hydrogens (tertiary/aromatic N) is 4. The Bertz CT molecular complexity index is 1310. The average Bonchev–Trinajstić information content (AvgIpc) is 3.49. The number of nitrogen functional groups attached to an aromatic ring is 2. The molecule has 0 unspecified atom stereocenters. The molecular formula is C26H34N6O2S2. The largest absolute Gasteiger partial charge is 0.399 e. The van der Waals surface area contributed by atoms with Gasteiger partial charge in [0.05, 0.1) is 29.0 Å². The molecule has 4 N–H and O–H groups in total. The minimum Gasteiger partial charge on any atom is -0.399 e. The SMILES string of the molecule is CCCn1cncc1CS(=O)(=O)c1ccc(N)cc1.CCCn1cncc1CSc1ccc(N)cc1. The van der Waals surface area contributed by atoms with E-state index < -0.39 is 9.84 Å². The van der Waals surface area contributed by atoms with Crippen molar-refractivity contribution >= 4 is 33.0 Å². The van der Waals surface area contributed by atoms with Crippen LogP contribution in [0, 0.1) is 0 Å². The molecule has 0 aliphatic carbocycles. The molecule has 4 aromatic rings. The Balaban J connectivity index is 0.000000202. The van der Waals surface area contributed by atoms with Gasteiger partial charge in [-0.25, -0.2) is 18.4 Å². The number of imidazole rings is 2. The van der Waals surface area contributed by atoms with Crippen LogP contribution in [-0.4, -0.2) is 27.5 Å². The van der Waals surface area contributed by atoms with Gasteiger partial charge in [-0.2, -0.15) is 0 Å². The topological polar surface area (TPSA) is 122 Å². The highest BCUT2D eigenvalue weighted by molar-refractivity contribution is 7.98. The van der Waals surface area contributed by atoms with Crippen molar-refractivity contribution in [3.63, 3.8) is 0 Å². The molecule has 0 radical (unpaired) electrons. The van der Waals surface area contributed by atoms with Gasteiger partial charge in [-0.05, 0) is 61.4 Å². The highest BCUT2D eigenvalue weighted by Gasteiger charge is 2.17. The summed E-state index contributed by atoms with van der Waals surface area (Å²) in [5.74, 6) is 0.904. The van der Waals surface area contributed by atoms with Crippen LogP contribution in [0.1, 0.15) is 38.1 Å². The van der Waals surface area contributed by atoms with Crippen molar-refractivity contribution < 1.29 is 8.42 Å². The minimum atomic E-state index is -3.36. The van der Waals surface area contributed by atoms with Crippen LogP contribution in [0.25, 0.3) is 0 Å². The maximum Gasteiger partial charge on any atom is 0.184 e. The van der Waals surface area contributed by atoms with Crippen molar-refractivity contribution in [2.24, 2.45) is 0 Å². The molecule has 0 amide bonds. The number of aryl methyl sites for hydroxylation is 2. The van der Waals surface area contributed by atoms with E-state index in [1.54, 1.807) is 24.7 Å². The van der Waals surface area contributed by atoms with Crippen LogP contribution in [0.5, 0.6) is 0 Å². The number of hydrogen-bond donors (Lipinski definition) is 2. The Kier molecular flexibility index (Phi) is 10.0. The van der Waals surface area contributed by atoms with Gasteiger partial charge in [0.1, 0.15) is 0 Å². The molecule has 2 aromatic heterocycles. The molecule has 0 aliphatic rings. The van der Waals surface area contributed by atoms with Gasteiger partial charge in [0.25, 0.3) is 0 Å². The molecule has 192 valence electrons. The number of aromatic nitrogens is 4. The van der Waals surface area contributed by atoms with Gasteiger partial charge in [-0.15, -0.1) is 11.8 Å². The second-order valence-corrected chi connectivity index (χ2v) is 11.4. The first-order chi connectivity index (χ1) is 17.3. The summed E-state index contributed by atoms with van der Waals surface area (Å²) < 4.78 is 28.7. The highest BCUT2D eigenvalue weighted by atomic mass is 32.2. The monoisotopic (exact) mass is 526 g/mol. The summed E-state index contributed by atoms with van der Waals surface area (Å²) in [6.45, 7) is 6.03. The first-order valence-corrected chi connectivity index (χ1v) is 14.5. The lowest BCUT2D eigenvalue weighted by Gasteiger charge is -2.08. The lowest BCUT2D eigenvalue weighted by atomic mass is 10.3. The Hall–Kier alpha value is -3.24. The summed E-state index contributed by atoms with van der Waals surface area (Å²) in [4.78, 5) is 9.73. The summed E-state index contributed by atoms with van der Waals surface area (Å²) in [6, 6.07) is 14.2. The van der Waals surface area contributed by atoms with Crippen LogP contribution in [0.4, 0.5) is 11.4 Å². The molecular weight excluding hydrogens is 492 g/mol. The van der Waals surface area contributed by atoms with Gasteiger partial charge >= 0.3 is 0 Å². The maximum absolute atomic E-state index is 12.3. The van der Waals surface area contributed by atoms with Crippen LogP contribution in [0.15, 0.2) is 83.4 Å². The molecule has 0 saturated heterocycles. The van der Waals surface area contributed by atoms with Gasteiger partial charge in [-0.3, -0.25) is 0 Å². The number of hydrogen-bond acceptors (Lipinski definition) is 7. The summed E-state index contributed by atoms with van der Waals surface area (Å²) in [5.41, 5.74) is 14.6. The molecule has 4 rings (SSSR count). The summed E-state index contributed by atoms with van der Waals surface area (Å²) >= 11 is 1.81. The van der Waals surface area contributed by atoms with E-state index in [-0.39, 0.29) is 10.6 Å². The van der Waals surface area contributed by atoms with E-state index in [2.05, 4.69) is 33.6 Å². The van der Waals surface area contributed by atoms with Crippen LogP contribution >= 0.6 is 11.8 Å². The van der Waals surface area contributed by atoms with Gasteiger partial charge in [0, 0.05) is 53.2 Å². The van der Waals surface area contributed by atoms with E-state index in [4.69, 9.17) is 11.5 Å². The maximum atomic E-state index is 12.3. The molecule has 10 heteroatoms. The summed E-state index contributed by atoms with van der Waals surface area (Å²) in [6.07, 6.45) is 9.19. The molecule has 0 atom stereocenters. The molecule has 0 saturated carbocycles. The van der Waals surface area contributed by atoms with Crippen LogP contribution < -0.4 is 11.5 Å². The third kappa shape index (κ3) is 7.89. The van der Waals surface area contributed by atoms with E-state index in [0.717, 1.165) is 37.4 Å². The van der Waals surface area contributed by atoms with Gasteiger partial charge in [-0.1, -0.05) is 13.8 Å². The zero-order valence-corrected chi connectivity index (χ0v) is 22.4. The predicted molar refractivity (Wildman–Crippen MR) is 147 cm³/mol. The fourth-order valence-corrected chi connectivity index (χ4v) is 5.73. The van der Waals surface area contributed by atoms with Crippen LogP contribution in [0.2, 0.25) is 0 Å². The highest BCUT2D eigenvalue weighted by Crippen LogP contribution is 2.23. The molecule has 0 spiro atoms. The van der Waals surface area contributed by atoms with Gasteiger partial charge in [0.15, 0.2) is 9.84 Å². The van der Waals surface area contributed by atoms with Crippen LogP contribution in [-0.2, 0) is 34.4 Å². The van der Waals surface area contributed by atoms with E-state index in [1.807, 2.05) is 47.9 Å². The predicted octanol–water partition coefficient (Wildman–Crippen LogP) is 5.02. The van der Waals surface area contributed by atoms with E-state index in [0.29, 0.717) is 11.4 Å². The Morgan fingerprint density at radius 1 is 0.778 bits per heavy atom. The molecule has 2 heterocycles. The number of nitrogens with two attached hydrogens (primary N) is 2. The smallest absolute Gasteiger partial charge is 0.184 e. The van der Waals surface area contributed by atoms with Gasteiger partial charge < -0.3 is 20.6 Å². The first kappa shape index (κ1) is 27.3. The normalized spacial score (nSPS) is 11.2. The summed E-state index contributed by atoms with van der Waals surface area (Å²) in [7, 11) is -3.36. The summed E-state index contributed by atoms with van der Waals surface area (Å²) in [5, 5.41) is 0. The third-order valence-corrected chi connectivity index (χ3v) is 8.08. The second kappa shape index (κ2) is 13.2. The van der Waals surface area contributed by atoms with Crippen molar-refractivity contribution in [3.8, 4) is 0 Å². The van der Waals surface area contributed by atoms with Crippen LogP contribution in [0.3, 0.4) is 0 Å². The quantitative estimate of drug-likeness (QED) is 0.220. The van der Waals surface area contributed by atoms with Crippen molar-refractivity contribution in [2.45, 2.75) is 61.1 Å². The zero-order valence-electron chi connectivity index (χ0n) is 20.7. The fourth-order valence-electron chi connectivity index (χ4n) is 3.50. The van der Waals surface area contributed by atoms with Crippen molar-refractivity contribution in [2.75, 3.05) is 11.5 Å². The van der Waals surface area contributed by atoms with Crippen molar-refractivity contribution in [1.29, 1.82) is 0 Å². The standard InChI is InChI=1S/C13H17N3O2S.C13H17N3S/c1-2-7-16-10-15-8-12(16)9-19(17,18)13-5-3-11(14)4-6-13;1-2-7-16-10-15-8-12(16)9-17-13-5-3-11(14)4-6-13/h3-6,8,10H,2,7,9,14H2,1H3;3-6,8,10H,2,7,9,14H2,1H3. The van der Waals surface area contributed by atoms with Gasteiger partial charge in [0.2, 0.25) is 0 Å². The molecule has 0 fully saturated rings. The van der Waals surface area contributed by atoms with Crippen molar-refractivity contribution in [1.82, 2.24) is 19.1 Å². The number of thioether (sulfide) groups is 1. The fraction of sp³-hybridized carbons (Fsp3) is 0.308. The molecule has 36 heavy (non-hydrogen) atoms. The number of rotatable bonds is 10. The second-order valence-electron chi connectivity index (χ2n) is 8.34. The van der Waals surface area contributed by atoms with Crippen molar-refractivity contribution in [3.05, 3.63) is 85.0 Å². The minimum absolute atomic E-state index is 0.0447. The number of sulfone groups is 1. The van der Waals surface area contributed by atoms with E-state index in [1.165, 1.54) is 22.7 Å². The lowest BCUT2D eigenvalue weighted by molar-refractivity contribution is 0.590. The molecule has 0 aliphatic heterocycles. The Labute approximate surface area is 217 Å². The first-order valence-electron chi connectivity index (χ1n) is 11.9.